The van der Waals surface area contributed by atoms with Crippen LogP contribution in [0.1, 0.15) is 41.4 Å². The van der Waals surface area contributed by atoms with Gasteiger partial charge < -0.3 is 27.1 Å². The number of fused-ring (bicyclic) bond motifs is 2. The first-order valence-corrected chi connectivity index (χ1v) is 11.8. The van der Waals surface area contributed by atoms with Gasteiger partial charge in [-0.1, -0.05) is 24.3 Å². The van der Waals surface area contributed by atoms with Crippen molar-refractivity contribution in [3.63, 3.8) is 0 Å². The van der Waals surface area contributed by atoms with Crippen LogP contribution in [0.15, 0.2) is 72.8 Å². The molecule has 0 amide bonds. The molecule has 0 saturated carbocycles. The third kappa shape index (κ3) is 4.41. The van der Waals surface area contributed by atoms with Crippen molar-refractivity contribution in [2.45, 2.75) is 0 Å². The van der Waals surface area contributed by atoms with E-state index in [0.29, 0.717) is 0 Å². The molecule has 2 heterocycles. The zero-order valence-electron chi connectivity index (χ0n) is 16.9. The van der Waals surface area contributed by atoms with Gasteiger partial charge in [0.25, 0.3) is 0 Å². The Morgan fingerprint density at radius 2 is 0.941 bits per heavy atom. The molecule has 2 atom stereocenters. The molecule has 0 aromatic heterocycles. The van der Waals surface area contributed by atoms with Crippen LogP contribution >= 0.6 is 17.2 Å². The largest absolute Gasteiger partial charge is 0.535 e. The fourth-order valence-electron chi connectivity index (χ4n) is 2.92. The topological polar surface area (TPSA) is 124 Å². The second kappa shape index (κ2) is 9.09. The zero-order valence-corrected chi connectivity index (χ0v) is 18.7. The van der Waals surface area contributed by atoms with E-state index < -0.39 is 41.1 Å². The van der Waals surface area contributed by atoms with Crippen LogP contribution < -0.4 is 9.05 Å². The summed E-state index contributed by atoms with van der Waals surface area (Å²) in [6, 6.07) is 18.1. The van der Waals surface area contributed by atoms with Crippen molar-refractivity contribution >= 4 is 41.1 Å². The average Bonchev–Trinajstić information content (AvgIpc) is 2.84. The van der Waals surface area contributed by atoms with E-state index in [1.807, 2.05) is 0 Å². The summed E-state index contributed by atoms with van der Waals surface area (Å²) < 4.78 is 31.2. The first-order valence-electron chi connectivity index (χ1n) is 9.61. The Bertz CT molecular complexity index is 1210. The minimum Gasteiger partial charge on any atom is -0.407 e. The van der Waals surface area contributed by atoms with Crippen molar-refractivity contribution in [1.82, 2.24) is 0 Å². The van der Waals surface area contributed by atoms with Crippen LogP contribution in [0.2, 0.25) is 0 Å². The van der Waals surface area contributed by atoms with Gasteiger partial charge in [-0.15, -0.1) is 0 Å². The van der Waals surface area contributed by atoms with Crippen molar-refractivity contribution in [2.24, 2.45) is 0 Å². The molecule has 2 aliphatic rings. The first kappa shape index (κ1) is 21.8. The second-order valence-electron chi connectivity index (χ2n) is 6.71. The van der Waals surface area contributed by atoms with Crippen LogP contribution in [-0.2, 0) is 18.1 Å². The van der Waals surface area contributed by atoms with E-state index in [1.165, 1.54) is 36.4 Å². The predicted octanol–water partition coefficient (Wildman–Crippen LogP) is 4.95. The van der Waals surface area contributed by atoms with E-state index in [0.717, 1.165) is 0 Å². The summed E-state index contributed by atoms with van der Waals surface area (Å²) in [5.74, 6) is -2.44. The summed E-state index contributed by atoms with van der Waals surface area (Å²) in [5.41, 5.74) is 0.631. The van der Waals surface area contributed by atoms with Crippen LogP contribution in [0.3, 0.4) is 0 Å². The van der Waals surface area contributed by atoms with Gasteiger partial charge in [0.1, 0.15) is 22.6 Å². The summed E-state index contributed by atoms with van der Waals surface area (Å²) in [7, 11) is -4.54. The molecule has 0 aliphatic carbocycles. The van der Waals surface area contributed by atoms with Gasteiger partial charge >= 0.3 is 41.1 Å². The highest BCUT2D eigenvalue weighted by Gasteiger charge is 2.35. The van der Waals surface area contributed by atoms with E-state index in [1.54, 1.807) is 36.4 Å². The zero-order chi connectivity index (χ0) is 23.7. The summed E-state index contributed by atoms with van der Waals surface area (Å²) in [5, 5.41) is 0. The average molecular weight is 498 g/mol. The van der Waals surface area contributed by atoms with Gasteiger partial charge in [0, 0.05) is 0 Å². The Balaban J connectivity index is 1.20. The summed E-state index contributed by atoms with van der Waals surface area (Å²) in [6.45, 7) is 0. The van der Waals surface area contributed by atoms with Gasteiger partial charge in [0.15, 0.2) is 0 Å². The number of hydrogen-bond donors (Lipinski definition) is 0. The van der Waals surface area contributed by atoms with Crippen LogP contribution in [0.25, 0.3) is 0 Å². The second-order valence-corrected chi connectivity index (χ2v) is 8.70. The molecule has 0 N–H and O–H groups in total. The summed E-state index contributed by atoms with van der Waals surface area (Å²) in [4.78, 5) is 48.9. The standard InChI is InChI=1S/C22H12O10P2/c23-19(29-33-27-17-7-3-1-5-15(17)21(25)31-33)13-9-11-14(12-10-13)20(24)30-34-28-18-8-4-2-6-16(18)22(26)32-34/h1-12H. The monoisotopic (exact) mass is 498 g/mol. The lowest BCUT2D eigenvalue weighted by atomic mass is 10.1. The molecular weight excluding hydrogens is 486 g/mol. The van der Waals surface area contributed by atoms with Gasteiger partial charge in [0.05, 0.1) is 11.1 Å². The predicted molar refractivity (Wildman–Crippen MR) is 116 cm³/mol. The quantitative estimate of drug-likeness (QED) is 0.456. The molecule has 12 heteroatoms. The number of para-hydroxylation sites is 2. The maximum Gasteiger partial charge on any atom is 0.535 e. The maximum absolute atomic E-state index is 12.4. The molecule has 0 spiro atoms. The van der Waals surface area contributed by atoms with Crippen molar-refractivity contribution in [2.75, 3.05) is 0 Å². The first-order chi connectivity index (χ1) is 16.5. The maximum atomic E-state index is 12.4. The smallest absolute Gasteiger partial charge is 0.407 e. The lowest BCUT2D eigenvalue weighted by Crippen LogP contribution is -2.16. The SMILES string of the molecule is O=C(OP1OC(=O)c2ccccc2O1)c1ccc(C(=O)OP2OC(=O)c3ccccc3O2)cc1. The fraction of sp³-hybridized carbons (Fsp3) is 0. The molecule has 0 radical (unpaired) electrons. The molecule has 3 aromatic rings. The number of hydrogen-bond acceptors (Lipinski definition) is 10. The molecule has 3 aromatic carbocycles. The van der Waals surface area contributed by atoms with E-state index in [9.17, 15) is 19.2 Å². The van der Waals surface area contributed by atoms with Crippen LogP contribution in [0, 0.1) is 0 Å². The lowest BCUT2D eigenvalue weighted by molar-refractivity contribution is 0.0584. The van der Waals surface area contributed by atoms with E-state index in [2.05, 4.69) is 0 Å². The molecule has 2 unspecified atom stereocenters. The molecule has 170 valence electrons. The number of carbonyl (C=O) groups is 4. The third-order valence-electron chi connectivity index (χ3n) is 4.55. The summed E-state index contributed by atoms with van der Waals surface area (Å²) >= 11 is 0. The lowest BCUT2D eigenvalue weighted by Gasteiger charge is -2.22. The van der Waals surface area contributed by atoms with E-state index in [-0.39, 0.29) is 33.8 Å². The van der Waals surface area contributed by atoms with Gasteiger partial charge in [-0.3, -0.25) is 0 Å². The Hall–Kier alpha value is -4.00. The van der Waals surface area contributed by atoms with Gasteiger partial charge in [-0.05, 0) is 48.5 Å². The Labute approximate surface area is 194 Å². The molecule has 0 saturated heterocycles. The van der Waals surface area contributed by atoms with Crippen LogP contribution in [-0.4, -0.2) is 23.9 Å². The number of rotatable bonds is 4. The fourth-order valence-corrected chi connectivity index (χ4v) is 4.73. The van der Waals surface area contributed by atoms with E-state index >= 15 is 0 Å². The molecular formula is C22H12O10P2. The van der Waals surface area contributed by atoms with Crippen molar-refractivity contribution in [3.8, 4) is 11.5 Å². The highest BCUT2D eigenvalue weighted by Crippen LogP contribution is 2.48. The highest BCUT2D eigenvalue weighted by atomic mass is 31.2. The van der Waals surface area contributed by atoms with Crippen molar-refractivity contribution in [1.29, 1.82) is 0 Å². The molecule has 0 bridgehead atoms. The van der Waals surface area contributed by atoms with Crippen molar-refractivity contribution < 1.29 is 46.3 Å². The number of carbonyl (C=O) groups excluding carboxylic acids is 4. The Kier molecular flexibility index (Phi) is 5.84. The Morgan fingerprint density at radius 1 is 0.559 bits per heavy atom. The molecule has 10 nitrogen and oxygen atoms in total. The van der Waals surface area contributed by atoms with Gasteiger partial charge in [-0.2, -0.15) is 0 Å². The third-order valence-corrected chi connectivity index (χ3v) is 6.50. The van der Waals surface area contributed by atoms with Crippen LogP contribution in [0.5, 0.6) is 11.5 Å². The van der Waals surface area contributed by atoms with Gasteiger partial charge in [0.2, 0.25) is 0 Å². The molecule has 5 rings (SSSR count). The number of benzene rings is 3. The minimum atomic E-state index is -2.27. The van der Waals surface area contributed by atoms with Crippen molar-refractivity contribution in [3.05, 3.63) is 95.1 Å². The molecule has 2 aliphatic heterocycles. The van der Waals surface area contributed by atoms with E-state index in [4.69, 9.17) is 27.1 Å². The summed E-state index contributed by atoms with van der Waals surface area (Å²) in [6.07, 6.45) is 0. The highest BCUT2D eigenvalue weighted by molar-refractivity contribution is 7.44. The molecule has 0 fully saturated rings. The Morgan fingerprint density at radius 3 is 1.35 bits per heavy atom. The van der Waals surface area contributed by atoms with Gasteiger partial charge in [-0.25, -0.2) is 19.2 Å². The minimum absolute atomic E-state index is 0.0811. The normalized spacial score (nSPS) is 18.1. The van der Waals surface area contributed by atoms with Crippen LogP contribution in [0.4, 0.5) is 0 Å². The molecule has 34 heavy (non-hydrogen) atoms.